The quantitative estimate of drug-likeness (QED) is 0.519. The van der Waals surface area contributed by atoms with E-state index in [-0.39, 0.29) is 5.78 Å². The maximum absolute atomic E-state index is 13.0. The highest BCUT2D eigenvalue weighted by molar-refractivity contribution is 6.30. The van der Waals surface area contributed by atoms with Crippen LogP contribution in [-0.4, -0.2) is 17.4 Å². The van der Waals surface area contributed by atoms with Crippen molar-refractivity contribution in [2.45, 2.75) is 20.0 Å². The van der Waals surface area contributed by atoms with Gasteiger partial charge in [0.2, 0.25) is 5.78 Å². The maximum Gasteiger partial charge on any atom is 0.231 e. The Morgan fingerprint density at radius 1 is 1.07 bits per heavy atom. The summed E-state index contributed by atoms with van der Waals surface area (Å²) in [6, 6.07) is 19.5. The Morgan fingerprint density at radius 3 is 2.60 bits per heavy atom. The molecule has 0 aliphatic carbocycles. The topological polar surface area (TPSA) is 38.8 Å². The summed E-state index contributed by atoms with van der Waals surface area (Å²) in [5.41, 5.74) is 4.57. The molecule has 0 saturated carbocycles. The third-order valence-electron chi connectivity index (χ3n) is 5.42. The number of benzene rings is 3. The second kappa shape index (κ2) is 7.63. The summed E-state index contributed by atoms with van der Waals surface area (Å²) in [5.74, 6) is 1.62. The summed E-state index contributed by atoms with van der Waals surface area (Å²) in [4.78, 5) is 15.2. The van der Waals surface area contributed by atoms with Crippen molar-refractivity contribution in [3.8, 4) is 11.5 Å². The first-order valence-electron chi connectivity index (χ1n) is 9.84. The molecule has 5 heteroatoms. The number of hydrogen-bond acceptors (Lipinski definition) is 4. The van der Waals surface area contributed by atoms with Crippen molar-refractivity contribution in [1.29, 1.82) is 0 Å². The van der Waals surface area contributed by atoms with Crippen LogP contribution in [0.5, 0.6) is 11.5 Å². The predicted molar refractivity (Wildman–Crippen MR) is 117 cm³/mol. The SMILES string of the molecule is Cc1c2c(cc3c1O/C(=C\c1ccc(Cl)cc1)C3=O)CN(Cc1ccccc1)CO2. The van der Waals surface area contributed by atoms with Gasteiger partial charge in [-0.05, 0) is 42.3 Å². The molecule has 2 heterocycles. The van der Waals surface area contributed by atoms with Crippen LogP contribution in [0.25, 0.3) is 6.08 Å². The fourth-order valence-electron chi connectivity index (χ4n) is 3.95. The van der Waals surface area contributed by atoms with Gasteiger partial charge >= 0.3 is 0 Å². The number of allylic oxidation sites excluding steroid dienone is 1. The minimum absolute atomic E-state index is 0.106. The standard InChI is InChI=1S/C25H20ClNO3/c1-16-24-19(14-27(15-29-24)13-18-5-3-2-4-6-18)12-21-23(28)22(30-25(16)21)11-17-7-9-20(26)10-8-17/h2-12H,13-15H2,1H3/b22-11-. The third kappa shape index (κ3) is 3.49. The van der Waals surface area contributed by atoms with Gasteiger partial charge in [0.15, 0.2) is 5.76 Å². The number of nitrogens with zero attached hydrogens (tertiary/aromatic N) is 1. The fraction of sp³-hybridized carbons (Fsp3) is 0.160. The number of hydrogen-bond donors (Lipinski definition) is 0. The highest BCUT2D eigenvalue weighted by Crippen LogP contribution is 2.43. The Morgan fingerprint density at radius 2 is 1.83 bits per heavy atom. The van der Waals surface area contributed by atoms with Crippen molar-refractivity contribution in [3.05, 3.63) is 99.3 Å². The molecule has 4 nitrogen and oxygen atoms in total. The van der Waals surface area contributed by atoms with E-state index in [1.54, 1.807) is 18.2 Å². The molecule has 0 amide bonds. The van der Waals surface area contributed by atoms with E-state index in [1.165, 1.54) is 5.56 Å². The Kier molecular flexibility index (Phi) is 4.81. The number of carbonyl (C=O) groups excluding carboxylic acids is 1. The van der Waals surface area contributed by atoms with E-state index >= 15 is 0 Å². The highest BCUT2D eigenvalue weighted by Gasteiger charge is 2.33. The molecule has 0 N–H and O–H groups in total. The third-order valence-corrected chi connectivity index (χ3v) is 5.67. The molecule has 150 valence electrons. The molecule has 2 aliphatic heterocycles. The first-order chi connectivity index (χ1) is 14.6. The molecule has 0 unspecified atom stereocenters. The molecule has 0 saturated heterocycles. The van der Waals surface area contributed by atoms with Crippen LogP contribution in [0, 0.1) is 6.92 Å². The van der Waals surface area contributed by atoms with Crippen molar-refractivity contribution in [1.82, 2.24) is 4.90 Å². The maximum atomic E-state index is 13.0. The van der Waals surface area contributed by atoms with E-state index in [4.69, 9.17) is 21.1 Å². The number of ether oxygens (including phenoxy) is 2. The van der Waals surface area contributed by atoms with Gasteiger partial charge in [-0.2, -0.15) is 0 Å². The Labute approximate surface area is 180 Å². The molecule has 3 aromatic rings. The van der Waals surface area contributed by atoms with Crippen molar-refractivity contribution in [3.63, 3.8) is 0 Å². The molecule has 0 radical (unpaired) electrons. The molecule has 0 fully saturated rings. The van der Waals surface area contributed by atoms with Crippen LogP contribution < -0.4 is 9.47 Å². The molecule has 3 aromatic carbocycles. The zero-order valence-corrected chi connectivity index (χ0v) is 17.3. The van der Waals surface area contributed by atoms with Gasteiger partial charge in [-0.25, -0.2) is 0 Å². The summed E-state index contributed by atoms with van der Waals surface area (Å²) >= 11 is 5.95. The molecular formula is C25H20ClNO3. The van der Waals surface area contributed by atoms with E-state index < -0.39 is 0 Å². The summed E-state index contributed by atoms with van der Waals surface area (Å²) in [5, 5.41) is 0.653. The Balaban J connectivity index is 1.43. The summed E-state index contributed by atoms with van der Waals surface area (Å²) < 4.78 is 12.0. The smallest absolute Gasteiger partial charge is 0.231 e. The average molecular weight is 418 g/mol. The summed E-state index contributed by atoms with van der Waals surface area (Å²) in [6.07, 6.45) is 1.75. The van der Waals surface area contributed by atoms with E-state index in [0.29, 0.717) is 28.8 Å². The fourth-order valence-corrected chi connectivity index (χ4v) is 4.08. The van der Waals surface area contributed by atoms with Crippen LogP contribution in [0.3, 0.4) is 0 Å². The molecular weight excluding hydrogens is 398 g/mol. The number of carbonyl (C=O) groups is 1. The molecule has 30 heavy (non-hydrogen) atoms. The lowest BCUT2D eigenvalue weighted by atomic mass is 10.00. The summed E-state index contributed by atoms with van der Waals surface area (Å²) in [7, 11) is 0. The molecule has 2 aliphatic rings. The lowest BCUT2D eigenvalue weighted by Crippen LogP contribution is -2.32. The zero-order valence-electron chi connectivity index (χ0n) is 16.5. The van der Waals surface area contributed by atoms with Crippen LogP contribution in [0.4, 0.5) is 0 Å². The van der Waals surface area contributed by atoms with Crippen molar-refractivity contribution in [2.75, 3.05) is 6.73 Å². The number of Topliss-reactive ketones (excluding diaryl/α,β-unsaturated/α-hetero) is 1. The molecule has 0 bridgehead atoms. The van der Waals surface area contributed by atoms with Crippen LogP contribution >= 0.6 is 11.6 Å². The van der Waals surface area contributed by atoms with Gasteiger partial charge in [0.05, 0.1) is 5.56 Å². The van der Waals surface area contributed by atoms with E-state index in [2.05, 4.69) is 17.0 Å². The molecule has 0 aromatic heterocycles. The minimum Gasteiger partial charge on any atom is -0.477 e. The van der Waals surface area contributed by atoms with E-state index in [0.717, 1.165) is 35.5 Å². The second-order valence-electron chi connectivity index (χ2n) is 7.60. The average Bonchev–Trinajstić information content (AvgIpc) is 3.06. The largest absolute Gasteiger partial charge is 0.477 e. The number of rotatable bonds is 3. The zero-order chi connectivity index (χ0) is 20.7. The second-order valence-corrected chi connectivity index (χ2v) is 8.04. The number of fused-ring (bicyclic) bond motifs is 2. The molecule has 0 spiro atoms. The van der Waals surface area contributed by atoms with Crippen LogP contribution in [0.15, 0.2) is 66.4 Å². The van der Waals surface area contributed by atoms with E-state index in [1.807, 2.05) is 43.3 Å². The Bertz CT molecular complexity index is 1150. The van der Waals surface area contributed by atoms with Crippen molar-refractivity contribution < 1.29 is 14.3 Å². The van der Waals surface area contributed by atoms with Gasteiger partial charge < -0.3 is 9.47 Å². The lowest BCUT2D eigenvalue weighted by Gasteiger charge is -2.30. The number of halogens is 1. The first-order valence-corrected chi connectivity index (χ1v) is 10.2. The monoisotopic (exact) mass is 417 g/mol. The highest BCUT2D eigenvalue weighted by atomic mass is 35.5. The predicted octanol–water partition coefficient (Wildman–Crippen LogP) is 5.62. The van der Waals surface area contributed by atoms with Crippen LogP contribution in [-0.2, 0) is 13.1 Å². The van der Waals surface area contributed by atoms with Crippen LogP contribution in [0.2, 0.25) is 5.02 Å². The van der Waals surface area contributed by atoms with Crippen molar-refractivity contribution in [2.24, 2.45) is 0 Å². The van der Waals surface area contributed by atoms with Gasteiger partial charge in [-0.1, -0.05) is 54.1 Å². The lowest BCUT2D eigenvalue weighted by molar-refractivity contribution is 0.0876. The molecule has 0 atom stereocenters. The van der Waals surface area contributed by atoms with Gasteiger partial charge in [0.1, 0.15) is 18.2 Å². The van der Waals surface area contributed by atoms with E-state index in [9.17, 15) is 4.79 Å². The van der Waals surface area contributed by atoms with Crippen molar-refractivity contribution >= 4 is 23.5 Å². The normalized spacial score (nSPS) is 16.7. The van der Waals surface area contributed by atoms with Gasteiger partial charge in [0.25, 0.3) is 0 Å². The minimum atomic E-state index is -0.106. The van der Waals surface area contributed by atoms with Crippen LogP contribution in [0.1, 0.15) is 32.6 Å². The van der Waals surface area contributed by atoms with Gasteiger partial charge in [0, 0.05) is 29.2 Å². The number of ketones is 1. The Hall–Kier alpha value is -3.08. The molecule has 5 rings (SSSR count). The van der Waals surface area contributed by atoms with Gasteiger partial charge in [-0.3, -0.25) is 9.69 Å². The van der Waals surface area contributed by atoms with Gasteiger partial charge in [-0.15, -0.1) is 0 Å². The first kappa shape index (κ1) is 18.9. The summed E-state index contributed by atoms with van der Waals surface area (Å²) in [6.45, 7) is 3.97.